The van der Waals surface area contributed by atoms with Gasteiger partial charge >= 0.3 is 0 Å². The molecule has 3 unspecified atom stereocenters. The van der Waals surface area contributed by atoms with Gasteiger partial charge in [0.2, 0.25) is 0 Å². The zero-order valence-electron chi connectivity index (χ0n) is 12.3. The van der Waals surface area contributed by atoms with Crippen LogP contribution >= 0.6 is 15.9 Å². The van der Waals surface area contributed by atoms with Crippen LogP contribution in [0.25, 0.3) is 0 Å². The highest BCUT2D eigenvalue weighted by atomic mass is 79.9. The van der Waals surface area contributed by atoms with Crippen LogP contribution in [0, 0.1) is 11.8 Å². The van der Waals surface area contributed by atoms with Crippen LogP contribution in [0.3, 0.4) is 0 Å². The Morgan fingerprint density at radius 1 is 1.53 bits per heavy atom. The topological polar surface area (TPSA) is 29.9 Å². The van der Waals surface area contributed by atoms with Gasteiger partial charge in [-0.25, -0.2) is 0 Å². The molecule has 19 heavy (non-hydrogen) atoms. The Morgan fingerprint density at radius 2 is 2.32 bits per heavy atom. The van der Waals surface area contributed by atoms with Crippen molar-refractivity contribution in [2.24, 2.45) is 18.9 Å². The first-order valence-electron chi connectivity index (χ1n) is 7.54. The second-order valence-corrected chi connectivity index (χ2v) is 6.82. The molecule has 0 amide bonds. The van der Waals surface area contributed by atoms with E-state index in [9.17, 15) is 0 Å². The van der Waals surface area contributed by atoms with Crippen LogP contribution in [0.2, 0.25) is 0 Å². The second kappa shape index (κ2) is 6.89. The Morgan fingerprint density at radius 3 is 2.89 bits per heavy atom. The molecule has 0 aromatic carbocycles. The van der Waals surface area contributed by atoms with Crippen molar-refractivity contribution in [3.8, 4) is 0 Å². The summed E-state index contributed by atoms with van der Waals surface area (Å²) in [5.41, 5.74) is 1.31. The van der Waals surface area contributed by atoms with Gasteiger partial charge in [0.05, 0.1) is 22.4 Å². The summed E-state index contributed by atoms with van der Waals surface area (Å²) < 4.78 is 3.17. The molecule has 3 atom stereocenters. The Bertz CT molecular complexity index is 383. The van der Waals surface area contributed by atoms with E-state index in [1.54, 1.807) is 0 Å². The SMILES string of the molecule is CCCNC(c1c(Br)cnn1C)C1CCCC(C)C1. The van der Waals surface area contributed by atoms with Crippen LogP contribution in [-0.2, 0) is 7.05 Å². The van der Waals surface area contributed by atoms with Gasteiger partial charge in [-0.1, -0.05) is 26.7 Å². The summed E-state index contributed by atoms with van der Waals surface area (Å²) >= 11 is 3.67. The number of aromatic nitrogens is 2. The summed E-state index contributed by atoms with van der Waals surface area (Å²) in [7, 11) is 2.05. The monoisotopic (exact) mass is 327 g/mol. The fraction of sp³-hybridized carbons (Fsp3) is 0.800. The Hall–Kier alpha value is -0.350. The molecule has 0 spiro atoms. The Balaban J connectivity index is 2.20. The van der Waals surface area contributed by atoms with Crippen LogP contribution in [-0.4, -0.2) is 16.3 Å². The zero-order chi connectivity index (χ0) is 13.8. The molecule has 0 radical (unpaired) electrons. The lowest BCUT2D eigenvalue weighted by Crippen LogP contribution is -2.33. The number of aryl methyl sites for hydroxylation is 1. The van der Waals surface area contributed by atoms with E-state index in [4.69, 9.17) is 0 Å². The summed E-state index contributed by atoms with van der Waals surface area (Å²) in [4.78, 5) is 0. The van der Waals surface area contributed by atoms with Gasteiger partial charge in [-0.3, -0.25) is 4.68 Å². The number of halogens is 1. The second-order valence-electron chi connectivity index (χ2n) is 5.97. The average molecular weight is 328 g/mol. The molecule has 108 valence electrons. The maximum absolute atomic E-state index is 4.39. The molecule has 1 aromatic heterocycles. The normalized spacial score (nSPS) is 25.5. The Kier molecular flexibility index (Phi) is 5.46. The summed E-state index contributed by atoms with van der Waals surface area (Å²) in [6.07, 6.45) is 8.52. The van der Waals surface area contributed by atoms with Gasteiger partial charge < -0.3 is 5.32 Å². The van der Waals surface area contributed by atoms with Crippen molar-refractivity contribution in [2.75, 3.05) is 6.54 Å². The van der Waals surface area contributed by atoms with Gasteiger partial charge in [0, 0.05) is 7.05 Å². The fourth-order valence-corrected chi connectivity index (χ4v) is 3.94. The van der Waals surface area contributed by atoms with Crippen LogP contribution in [0.5, 0.6) is 0 Å². The van der Waals surface area contributed by atoms with Crippen molar-refractivity contribution in [1.29, 1.82) is 0 Å². The smallest absolute Gasteiger partial charge is 0.0695 e. The van der Waals surface area contributed by atoms with Crippen LogP contribution < -0.4 is 5.32 Å². The fourth-order valence-electron chi connectivity index (χ4n) is 3.34. The third-order valence-corrected chi connectivity index (χ3v) is 4.91. The highest BCUT2D eigenvalue weighted by Crippen LogP contribution is 2.38. The minimum Gasteiger partial charge on any atom is -0.308 e. The molecular weight excluding hydrogens is 302 g/mol. The maximum atomic E-state index is 4.39. The number of rotatable bonds is 5. The van der Waals surface area contributed by atoms with Crippen molar-refractivity contribution in [3.05, 3.63) is 16.4 Å². The molecule has 1 N–H and O–H groups in total. The summed E-state index contributed by atoms with van der Waals surface area (Å²) in [6, 6.07) is 0.435. The highest BCUT2D eigenvalue weighted by Gasteiger charge is 2.30. The number of nitrogens with one attached hydrogen (secondary N) is 1. The number of nitrogens with zero attached hydrogens (tertiary/aromatic N) is 2. The van der Waals surface area contributed by atoms with Crippen molar-refractivity contribution in [3.63, 3.8) is 0 Å². The molecule has 0 bridgehead atoms. The third-order valence-electron chi connectivity index (χ3n) is 4.29. The molecule has 1 aromatic rings. The van der Waals surface area contributed by atoms with Gasteiger partial charge in [-0.15, -0.1) is 0 Å². The molecule has 0 saturated heterocycles. The molecule has 2 rings (SSSR count). The molecule has 3 nitrogen and oxygen atoms in total. The van der Waals surface area contributed by atoms with E-state index in [1.165, 1.54) is 37.8 Å². The molecule has 4 heteroatoms. The molecule has 0 aliphatic heterocycles. The lowest BCUT2D eigenvalue weighted by atomic mass is 9.77. The zero-order valence-corrected chi connectivity index (χ0v) is 13.9. The van der Waals surface area contributed by atoms with E-state index in [0.717, 1.165) is 22.9 Å². The van der Waals surface area contributed by atoms with Gasteiger partial charge in [0.1, 0.15) is 0 Å². The van der Waals surface area contributed by atoms with Crippen LogP contribution in [0.1, 0.15) is 57.7 Å². The number of hydrogen-bond acceptors (Lipinski definition) is 2. The Labute approximate surface area is 125 Å². The van der Waals surface area contributed by atoms with E-state index >= 15 is 0 Å². The number of hydrogen-bond donors (Lipinski definition) is 1. The average Bonchev–Trinajstić information content (AvgIpc) is 2.71. The van der Waals surface area contributed by atoms with Crippen molar-refractivity contribution >= 4 is 15.9 Å². The first kappa shape index (κ1) is 15.0. The summed E-state index contributed by atoms with van der Waals surface area (Å²) in [6.45, 7) is 5.69. The van der Waals surface area contributed by atoms with Gasteiger partial charge in [0.15, 0.2) is 0 Å². The lowest BCUT2D eigenvalue weighted by Gasteiger charge is -2.34. The van der Waals surface area contributed by atoms with E-state index in [-0.39, 0.29) is 0 Å². The van der Waals surface area contributed by atoms with Gasteiger partial charge in [-0.2, -0.15) is 5.10 Å². The maximum Gasteiger partial charge on any atom is 0.0695 e. The standard InChI is InChI=1S/C15H26BrN3/c1-4-8-17-14(12-7-5-6-11(2)9-12)15-13(16)10-18-19(15)3/h10-12,14,17H,4-9H2,1-3H3. The largest absolute Gasteiger partial charge is 0.308 e. The van der Waals surface area contributed by atoms with E-state index in [0.29, 0.717) is 6.04 Å². The lowest BCUT2D eigenvalue weighted by molar-refractivity contribution is 0.217. The minimum absolute atomic E-state index is 0.435. The van der Waals surface area contributed by atoms with Crippen LogP contribution in [0.15, 0.2) is 10.7 Å². The highest BCUT2D eigenvalue weighted by molar-refractivity contribution is 9.10. The minimum atomic E-state index is 0.435. The molecule has 1 aliphatic carbocycles. The summed E-state index contributed by atoms with van der Waals surface area (Å²) in [5, 5.41) is 8.14. The van der Waals surface area contributed by atoms with Crippen molar-refractivity contribution in [1.82, 2.24) is 15.1 Å². The molecule has 1 fully saturated rings. The van der Waals surface area contributed by atoms with Gasteiger partial charge in [-0.05, 0) is 53.6 Å². The van der Waals surface area contributed by atoms with Crippen molar-refractivity contribution < 1.29 is 0 Å². The first-order valence-corrected chi connectivity index (χ1v) is 8.33. The third kappa shape index (κ3) is 3.60. The van der Waals surface area contributed by atoms with E-state index < -0.39 is 0 Å². The quantitative estimate of drug-likeness (QED) is 0.884. The molecular formula is C15H26BrN3. The van der Waals surface area contributed by atoms with Gasteiger partial charge in [0.25, 0.3) is 0 Å². The van der Waals surface area contributed by atoms with E-state index in [1.807, 2.05) is 17.9 Å². The predicted octanol–water partition coefficient (Wildman–Crippen LogP) is 4.05. The van der Waals surface area contributed by atoms with E-state index in [2.05, 4.69) is 40.2 Å². The van der Waals surface area contributed by atoms with Crippen LogP contribution in [0.4, 0.5) is 0 Å². The molecule has 1 heterocycles. The predicted molar refractivity (Wildman–Crippen MR) is 83.1 cm³/mol. The molecule has 1 aliphatic rings. The first-order chi connectivity index (χ1) is 9.13. The molecule has 1 saturated carbocycles. The summed E-state index contributed by atoms with van der Waals surface area (Å²) in [5.74, 6) is 1.60. The van der Waals surface area contributed by atoms with Crippen molar-refractivity contribution in [2.45, 2.75) is 52.0 Å².